The number of halogens is 1. The zero-order valence-corrected chi connectivity index (χ0v) is 17.3. The van der Waals surface area contributed by atoms with E-state index in [0.717, 1.165) is 57.5 Å². The van der Waals surface area contributed by atoms with Gasteiger partial charge in [-0.05, 0) is 30.5 Å². The Bertz CT molecular complexity index is 505. The van der Waals surface area contributed by atoms with Crippen molar-refractivity contribution >= 4 is 29.9 Å². The van der Waals surface area contributed by atoms with Crippen LogP contribution in [0.5, 0.6) is 5.75 Å². The Balaban J connectivity index is 0.00000288. The number of benzene rings is 1. The van der Waals surface area contributed by atoms with Crippen LogP contribution in [0.15, 0.2) is 29.3 Å². The van der Waals surface area contributed by atoms with E-state index in [1.54, 1.807) is 0 Å². The van der Waals surface area contributed by atoms with Gasteiger partial charge >= 0.3 is 0 Å². The largest absolute Gasteiger partial charge is 0.494 e. The molecule has 0 aliphatic carbocycles. The standard InChI is InChI=1S/C18H29N3O2.HI/c1-4-9-23-17-7-5-6-15(11-17)12-20-18(19-2)21(3)13-16-8-10-22-14-16;/h5-7,11,16H,4,8-10,12-14H2,1-3H3,(H,19,20);1H. The van der Waals surface area contributed by atoms with E-state index in [0.29, 0.717) is 5.92 Å². The number of rotatable bonds is 7. The van der Waals surface area contributed by atoms with Gasteiger partial charge in [-0.15, -0.1) is 24.0 Å². The second-order valence-corrected chi connectivity index (χ2v) is 6.01. The normalized spacial score (nSPS) is 17.3. The van der Waals surface area contributed by atoms with E-state index in [4.69, 9.17) is 9.47 Å². The lowest BCUT2D eigenvalue weighted by atomic mass is 10.1. The first-order chi connectivity index (χ1) is 11.2. The number of nitrogens with zero attached hydrogens (tertiary/aromatic N) is 2. The highest BCUT2D eigenvalue weighted by Gasteiger charge is 2.18. The van der Waals surface area contributed by atoms with E-state index >= 15 is 0 Å². The Morgan fingerprint density at radius 2 is 2.29 bits per heavy atom. The molecule has 0 bridgehead atoms. The molecule has 0 aromatic heterocycles. The highest BCUT2D eigenvalue weighted by atomic mass is 127. The molecular weight excluding hydrogens is 417 g/mol. The molecule has 1 aliphatic heterocycles. The van der Waals surface area contributed by atoms with Gasteiger partial charge in [0.25, 0.3) is 0 Å². The number of guanidine groups is 1. The molecule has 0 amide bonds. The maximum atomic E-state index is 5.68. The Labute approximate surface area is 162 Å². The van der Waals surface area contributed by atoms with Gasteiger partial charge in [0.2, 0.25) is 0 Å². The van der Waals surface area contributed by atoms with Gasteiger partial charge in [-0.3, -0.25) is 4.99 Å². The fourth-order valence-corrected chi connectivity index (χ4v) is 2.73. The van der Waals surface area contributed by atoms with Crippen LogP contribution in [0, 0.1) is 5.92 Å². The SMILES string of the molecule is CCCOc1cccc(CNC(=NC)N(C)CC2CCOC2)c1.I. The van der Waals surface area contributed by atoms with Crippen LogP contribution in [-0.2, 0) is 11.3 Å². The van der Waals surface area contributed by atoms with Crippen molar-refractivity contribution in [2.45, 2.75) is 26.3 Å². The molecule has 1 N–H and O–H groups in total. The van der Waals surface area contributed by atoms with E-state index in [9.17, 15) is 0 Å². The molecule has 1 aromatic rings. The summed E-state index contributed by atoms with van der Waals surface area (Å²) in [5.41, 5.74) is 1.19. The van der Waals surface area contributed by atoms with Crippen molar-refractivity contribution in [3.63, 3.8) is 0 Å². The highest BCUT2D eigenvalue weighted by Crippen LogP contribution is 2.15. The number of aliphatic imine (C=N–C) groups is 1. The van der Waals surface area contributed by atoms with Crippen molar-refractivity contribution in [2.24, 2.45) is 10.9 Å². The van der Waals surface area contributed by atoms with Crippen molar-refractivity contribution < 1.29 is 9.47 Å². The summed E-state index contributed by atoms with van der Waals surface area (Å²) in [7, 11) is 3.90. The smallest absolute Gasteiger partial charge is 0.193 e. The summed E-state index contributed by atoms with van der Waals surface area (Å²) in [5.74, 6) is 2.44. The van der Waals surface area contributed by atoms with Crippen LogP contribution < -0.4 is 10.1 Å². The third-order valence-electron chi connectivity index (χ3n) is 3.95. The van der Waals surface area contributed by atoms with Crippen molar-refractivity contribution in [1.29, 1.82) is 0 Å². The summed E-state index contributed by atoms with van der Waals surface area (Å²) in [6, 6.07) is 8.22. The molecule has 0 saturated carbocycles. The Kier molecular flexibility index (Phi) is 10.1. The topological polar surface area (TPSA) is 46.1 Å². The number of nitrogens with one attached hydrogen (secondary N) is 1. The van der Waals surface area contributed by atoms with Crippen LogP contribution in [0.1, 0.15) is 25.3 Å². The predicted octanol–water partition coefficient (Wildman–Crippen LogP) is 3.14. The lowest BCUT2D eigenvalue weighted by Gasteiger charge is -2.24. The van der Waals surface area contributed by atoms with Crippen LogP contribution in [0.3, 0.4) is 0 Å². The van der Waals surface area contributed by atoms with Crippen LogP contribution in [0.2, 0.25) is 0 Å². The van der Waals surface area contributed by atoms with Crippen molar-refractivity contribution in [3.05, 3.63) is 29.8 Å². The molecular formula is C18H30IN3O2. The minimum atomic E-state index is 0. The summed E-state index contributed by atoms with van der Waals surface area (Å²) in [6.07, 6.45) is 2.16. The first-order valence-corrected chi connectivity index (χ1v) is 8.44. The van der Waals surface area contributed by atoms with Gasteiger partial charge in [-0.1, -0.05) is 19.1 Å². The summed E-state index contributed by atoms with van der Waals surface area (Å²) in [4.78, 5) is 6.55. The van der Waals surface area contributed by atoms with E-state index < -0.39 is 0 Å². The van der Waals surface area contributed by atoms with Gasteiger partial charge in [0.15, 0.2) is 5.96 Å². The molecule has 0 spiro atoms. The molecule has 1 unspecified atom stereocenters. The summed E-state index contributed by atoms with van der Waals surface area (Å²) < 4.78 is 11.1. The number of hydrogen-bond acceptors (Lipinski definition) is 3. The van der Waals surface area contributed by atoms with Crippen LogP contribution in [0.25, 0.3) is 0 Å². The van der Waals surface area contributed by atoms with Crippen LogP contribution in [-0.4, -0.2) is 51.3 Å². The molecule has 24 heavy (non-hydrogen) atoms. The predicted molar refractivity (Wildman–Crippen MR) is 109 cm³/mol. The molecule has 1 aromatic carbocycles. The maximum absolute atomic E-state index is 5.68. The molecule has 1 saturated heterocycles. The Hall–Kier alpha value is -1.02. The number of ether oxygens (including phenoxy) is 2. The minimum absolute atomic E-state index is 0. The molecule has 136 valence electrons. The molecule has 2 rings (SSSR count). The number of hydrogen-bond donors (Lipinski definition) is 1. The summed E-state index contributed by atoms with van der Waals surface area (Å²) >= 11 is 0. The zero-order chi connectivity index (χ0) is 16.5. The fourth-order valence-electron chi connectivity index (χ4n) is 2.73. The second kappa shape index (κ2) is 11.5. The van der Waals surface area contributed by atoms with E-state index in [-0.39, 0.29) is 24.0 Å². The third-order valence-corrected chi connectivity index (χ3v) is 3.95. The van der Waals surface area contributed by atoms with Gasteiger partial charge in [-0.25, -0.2) is 0 Å². The summed E-state index contributed by atoms with van der Waals surface area (Å²) in [5, 5.41) is 3.42. The van der Waals surface area contributed by atoms with Crippen molar-refractivity contribution in [1.82, 2.24) is 10.2 Å². The fraction of sp³-hybridized carbons (Fsp3) is 0.611. The van der Waals surface area contributed by atoms with Gasteiger partial charge in [-0.2, -0.15) is 0 Å². The molecule has 0 radical (unpaired) electrons. The van der Waals surface area contributed by atoms with Crippen molar-refractivity contribution in [3.8, 4) is 5.75 Å². The summed E-state index contributed by atoms with van der Waals surface area (Å²) in [6.45, 7) is 6.32. The molecule has 6 heteroatoms. The zero-order valence-electron chi connectivity index (χ0n) is 15.0. The van der Waals surface area contributed by atoms with Gasteiger partial charge in [0.05, 0.1) is 13.2 Å². The average molecular weight is 447 g/mol. The Morgan fingerprint density at radius 3 is 2.96 bits per heavy atom. The molecule has 1 aliphatic rings. The first kappa shape index (κ1) is 21.0. The Morgan fingerprint density at radius 1 is 1.46 bits per heavy atom. The van der Waals surface area contributed by atoms with Crippen molar-refractivity contribution in [2.75, 3.05) is 40.5 Å². The monoisotopic (exact) mass is 447 g/mol. The quantitative estimate of drug-likeness (QED) is 0.397. The maximum Gasteiger partial charge on any atom is 0.193 e. The van der Waals surface area contributed by atoms with Gasteiger partial charge < -0.3 is 19.7 Å². The van der Waals surface area contributed by atoms with E-state index in [2.05, 4.69) is 41.3 Å². The highest BCUT2D eigenvalue weighted by molar-refractivity contribution is 14.0. The first-order valence-electron chi connectivity index (χ1n) is 8.44. The van der Waals surface area contributed by atoms with E-state index in [1.165, 1.54) is 5.56 Å². The molecule has 1 atom stereocenters. The van der Waals surface area contributed by atoms with Crippen LogP contribution in [0.4, 0.5) is 0 Å². The third kappa shape index (κ3) is 6.84. The van der Waals surface area contributed by atoms with Gasteiger partial charge in [0.1, 0.15) is 5.75 Å². The van der Waals surface area contributed by atoms with Crippen LogP contribution >= 0.6 is 24.0 Å². The molecule has 1 heterocycles. The van der Waals surface area contributed by atoms with E-state index in [1.807, 2.05) is 19.2 Å². The second-order valence-electron chi connectivity index (χ2n) is 6.01. The molecule has 1 fully saturated rings. The van der Waals surface area contributed by atoms with Gasteiger partial charge in [0, 0.05) is 39.7 Å². The molecule has 5 nitrogen and oxygen atoms in total. The lowest BCUT2D eigenvalue weighted by molar-refractivity contribution is 0.181. The lowest BCUT2D eigenvalue weighted by Crippen LogP contribution is -2.41. The average Bonchev–Trinajstić information content (AvgIpc) is 3.07. The minimum Gasteiger partial charge on any atom is -0.494 e.